The Kier molecular flexibility index (Phi) is 5.64. The van der Waals surface area contributed by atoms with Crippen LogP contribution in [0.25, 0.3) is 0 Å². The van der Waals surface area contributed by atoms with Crippen LogP contribution >= 0.6 is 11.6 Å². The Balaban J connectivity index is 2.13. The summed E-state index contributed by atoms with van der Waals surface area (Å²) in [5.41, 5.74) is 7.41. The van der Waals surface area contributed by atoms with E-state index in [0.29, 0.717) is 17.0 Å². The van der Waals surface area contributed by atoms with Gasteiger partial charge < -0.3 is 5.73 Å². The molecule has 1 aromatic rings. The van der Waals surface area contributed by atoms with E-state index in [0.717, 1.165) is 18.7 Å². The highest BCUT2D eigenvalue weighted by Gasteiger charge is 2.34. The molecular weight excluding hydrogens is 287 g/mol. The Hall–Kier alpha value is -0.640. The quantitative estimate of drug-likeness (QED) is 0.874. The number of benzene rings is 1. The molecule has 2 N–H and O–H groups in total. The van der Waals surface area contributed by atoms with Crippen LogP contribution in [-0.4, -0.2) is 24.5 Å². The Morgan fingerprint density at radius 3 is 2.38 bits per heavy atom. The van der Waals surface area contributed by atoms with E-state index in [9.17, 15) is 4.39 Å². The molecule has 21 heavy (non-hydrogen) atoms. The van der Waals surface area contributed by atoms with Crippen LogP contribution < -0.4 is 5.73 Å². The monoisotopic (exact) mass is 312 g/mol. The predicted molar refractivity (Wildman–Crippen MR) is 87.0 cm³/mol. The fraction of sp³-hybridized carbons (Fsp3) is 0.647. The third-order valence-electron chi connectivity index (χ3n) is 5.34. The standard InChI is InChI=1S/C17H26ClFN2/c1-3-17(4-2)7-9-21(10-8-17)16(12-20)14-6-5-13(19)11-15(14)18/h5-6,11,16H,3-4,7-10,12,20H2,1-2H3. The van der Waals surface area contributed by atoms with Crippen LogP contribution in [0.3, 0.4) is 0 Å². The predicted octanol–water partition coefficient (Wildman–Crippen LogP) is 4.38. The summed E-state index contributed by atoms with van der Waals surface area (Å²) in [6.07, 6.45) is 4.88. The third-order valence-corrected chi connectivity index (χ3v) is 5.67. The minimum Gasteiger partial charge on any atom is -0.329 e. The maximum atomic E-state index is 13.2. The van der Waals surface area contributed by atoms with Gasteiger partial charge in [-0.1, -0.05) is 44.4 Å². The molecular formula is C17H26ClFN2. The van der Waals surface area contributed by atoms with Crippen molar-refractivity contribution in [2.75, 3.05) is 19.6 Å². The number of hydrogen-bond acceptors (Lipinski definition) is 2. The Morgan fingerprint density at radius 1 is 1.29 bits per heavy atom. The molecule has 4 heteroatoms. The minimum atomic E-state index is -0.297. The Labute approximate surface area is 132 Å². The first kappa shape index (κ1) is 16.7. The molecule has 1 unspecified atom stereocenters. The smallest absolute Gasteiger partial charge is 0.124 e. The molecule has 2 rings (SSSR count). The van der Waals surface area contributed by atoms with Gasteiger partial charge >= 0.3 is 0 Å². The number of nitrogens with two attached hydrogens (primary N) is 1. The molecule has 2 nitrogen and oxygen atoms in total. The second-order valence-electron chi connectivity index (χ2n) is 6.16. The van der Waals surface area contributed by atoms with Gasteiger partial charge in [-0.15, -0.1) is 0 Å². The van der Waals surface area contributed by atoms with Crippen molar-refractivity contribution in [3.63, 3.8) is 0 Å². The van der Waals surface area contributed by atoms with Crippen LogP contribution in [0.15, 0.2) is 18.2 Å². The lowest BCUT2D eigenvalue weighted by Crippen LogP contribution is -2.43. The molecule has 1 saturated heterocycles. The molecule has 1 aliphatic heterocycles. The molecule has 0 bridgehead atoms. The number of hydrogen-bond donors (Lipinski definition) is 1. The number of rotatable bonds is 5. The zero-order chi connectivity index (χ0) is 15.5. The van der Waals surface area contributed by atoms with Crippen LogP contribution in [0.2, 0.25) is 5.02 Å². The highest BCUT2D eigenvalue weighted by atomic mass is 35.5. The van der Waals surface area contributed by atoms with Gasteiger partial charge in [-0.25, -0.2) is 4.39 Å². The van der Waals surface area contributed by atoms with Crippen LogP contribution in [0.1, 0.15) is 51.1 Å². The first-order chi connectivity index (χ1) is 10.0. The van der Waals surface area contributed by atoms with Crippen molar-refractivity contribution in [1.29, 1.82) is 0 Å². The van der Waals surface area contributed by atoms with Crippen molar-refractivity contribution in [2.24, 2.45) is 11.1 Å². The Morgan fingerprint density at radius 2 is 1.90 bits per heavy atom. The van der Waals surface area contributed by atoms with Crippen molar-refractivity contribution in [2.45, 2.75) is 45.6 Å². The lowest BCUT2D eigenvalue weighted by atomic mass is 9.74. The number of piperidine rings is 1. The van der Waals surface area contributed by atoms with Gasteiger partial charge in [0.05, 0.1) is 0 Å². The first-order valence-electron chi connectivity index (χ1n) is 7.94. The molecule has 0 aromatic heterocycles. The van der Waals surface area contributed by atoms with Crippen LogP contribution in [-0.2, 0) is 0 Å². The topological polar surface area (TPSA) is 29.3 Å². The van der Waals surface area contributed by atoms with Crippen molar-refractivity contribution >= 4 is 11.6 Å². The molecule has 1 atom stereocenters. The zero-order valence-electron chi connectivity index (χ0n) is 13.0. The second-order valence-corrected chi connectivity index (χ2v) is 6.57. The molecule has 118 valence electrons. The molecule has 0 spiro atoms. The summed E-state index contributed by atoms with van der Waals surface area (Å²) in [6, 6.07) is 4.71. The molecule has 1 fully saturated rings. The highest BCUT2D eigenvalue weighted by Crippen LogP contribution is 2.40. The van der Waals surface area contributed by atoms with Gasteiger partial charge in [-0.05, 0) is 49.0 Å². The molecule has 0 amide bonds. The molecule has 0 aliphatic carbocycles. The van der Waals surface area contributed by atoms with Gasteiger partial charge in [0.2, 0.25) is 0 Å². The van der Waals surface area contributed by atoms with Crippen molar-refractivity contribution in [3.05, 3.63) is 34.6 Å². The molecule has 1 aliphatic rings. The summed E-state index contributed by atoms with van der Waals surface area (Å²) in [7, 11) is 0. The van der Waals surface area contributed by atoms with E-state index in [1.165, 1.54) is 37.8 Å². The van der Waals surface area contributed by atoms with E-state index in [1.54, 1.807) is 6.07 Å². The van der Waals surface area contributed by atoms with Crippen LogP contribution in [0.4, 0.5) is 4.39 Å². The van der Waals surface area contributed by atoms with Gasteiger partial charge in [0.1, 0.15) is 5.82 Å². The van der Waals surface area contributed by atoms with E-state index in [-0.39, 0.29) is 11.9 Å². The third kappa shape index (κ3) is 3.58. The maximum absolute atomic E-state index is 13.2. The largest absolute Gasteiger partial charge is 0.329 e. The zero-order valence-corrected chi connectivity index (χ0v) is 13.8. The summed E-state index contributed by atoms with van der Waals surface area (Å²) >= 11 is 6.21. The fourth-order valence-electron chi connectivity index (χ4n) is 3.51. The van der Waals surface area contributed by atoms with Crippen molar-refractivity contribution < 1.29 is 4.39 Å². The second kappa shape index (κ2) is 7.08. The molecule has 1 aromatic carbocycles. The van der Waals surface area contributed by atoms with Gasteiger partial charge in [-0.2, -0.15) is 0 Å². The van der Waals surface area contributed by atoms with Crippen LogP contribution in [0, 0.1) is 11.2 Å². The van der Waals surface area contributed by atoms with E-state index in [2.05, 4.69) is 18.7 Å². The molecule has 0 saturated carbocycles. The Bertz CT molecular complexity index is 464. The summed E-state index contributed by atoms with van der Waals surface area (Å²) in [5, 5.41) is 0.480. The summed E-state index contributed by atoms with van der Waals surface area (Å²) < 4.78 is 13.2. The minimum absolute atomic E-state index is 0.0878. The van der Waals surface area contributed by atoms with Crippen molar-refractivity contribution in [1.82, 2.24) is 4.90 Å². The van der Waals surface area contributed by atoms with E-state index < -0.39 is 0 Å². The normalized spacial score (nSPS) is 20.4. The van der Waals surface area contributed by atoms with Gasteiger partial charge in [0, 0.05) is 17.6 Å². The lowest BCUT2D eigenvalue weighted by molar-refractivity contribution is 0.0680. The SMILES string of the molecule is CCC1(CC)CCN(C(CN)c2ccc(F)cc2Cl)CC1. The average Bonchev–Trinajstić information content (AvgIpc) is 2.51. The van der Waals surface area contributed by atoms with Gasteiger partial charge in [0.15, 0.2) is 0 Å². The maximum Gasteiger partial charge on any atom is 0.124 e. The van der Waals surface area contributed by atoms with E-state index >= 15 is 0 Å². The summed E-state index contributed by atoms with van der Waals surface area (Å²) in [6.45, 7) is 7.16. The number of halogens is 2. The first-order valence-corrected chi connectivity index (χ1v) is 8.32. The number of likely N-dealkylation sites (tertiary alicyclic amines) is 1. The average molecular weight is 313 g/mol. The summed E-state index contributed by atoms with van der Waals surface area (Å²) in [4.78, 5) is 2.41. The molecule has 0 radical (unpaired) electrons. The highest BCUT2D eigenvalue weighted by molar-refractivity contribution is 6.31. The van der Waals surface area contributed by atoms with Gasteiger partial charge in [-0.3, -0.25) is 4.90 Å². The fourth-order valence-corrected chi connectivity index (χ4v) is 3.80. The summed E-state index contributed by atoms with van der Waals surface area (Å²) in [5.74, 6) is -0.297. The van der Waals surface area contributed by atoms with Crippen molar-refractivity contribution in [3.8, 4) is 0 Å². The van der Waals surface area contributed by atoms with E-state index in [4.69, 9.17) is 17.3 Å². The van der Waals surface area contributed by atoms with Crippen LogP contribution in [0.5, 0.6) is 0 Å². The lowest BCUT2D eigenvalue weighted by Gasteiger charge is -2.44. The van der Waals surface area contributed by atoms with E-state index in [1.807, 2.05) is 0 Å². The molecule has 1 heterocycles. The van der Waals surface area contributed by atoms with Gasteiger partial charge in [0.25, 0.3) is 0 Å². The number of nitrogens with zero attached hydrogens (tertiary/aromatic N) is 1.